The maximum Gasteiger partial charge on any atom is 0.0361 e. The molecule has 0 aliphatic rings. The Balaban J connectivity index is 1.89. The lowest BCUT2D eigenvalue weighted by molar-refractivity contribution is 0.694. The number of hydrogen-bond acceptors (Lipinski definition) is 2. The molecule has 0 aliphatic heterocycles. The van der Waals surface area contributed by atoms with Crippen LogP contribution in [0.15, 0.2) is 109 Å². The highest BCUT2D eigenvalue weighted by Crippen LogP contribution is 2.43. The maximum absolute atomic E-state index is 2.29. The minimum atomic E-state index is 0.201. The molecule has 0 unspecified atom stereocenters. The van der Waals surface area contributed by atoms with Crippen LogP contribution in [-0.2, 0) is 0 Å². The largest absolute Gasteiger partial charge is 0.378 e. The van der Waals surface area contributed by atoms with Gasteiger partial charge in [-0.05, 0) is 46.5 Å². The van der Waals surface area contributed by atoms with Crippen molar-refractivity contribution in [3.8, 4) is 0 Å². The second-order valence-corrected chi connectivity index (χ2v) is 8.75. The second kappa shape index (κ2) is 9.74. The molecule has 0 aliphatic carbocycles. The van der Waals surface area contributed by atoms with Crippen LogP contribution in [0.1, 0.15) is 34.1 Å². The summed E-state index contributed by atoms with van der Waals surface area (Å²) < 4.78 is 0. The van der Waals surface area contributed by atoms with E-state index in [1.807, 2.05) is 0 Å². The van der Waals surface area contributed by atoms with Crippen LogP contribution >= 0.6 is 0 Å². The Morgan fingerprint density at radius 3 is 0.938 bits per heavy atom. The van der Waals surface area contributed by atoms with Crippen LogP contribution in [-0.4, -0.2) is 28.2 Å². The van der Waals surface area contributed by atoms with Gasteiger partial charge < -0.3 is 9.80 Å². The average Bonchev–Trinajstić information content (AvgIpc) is 2.84. The van der Waals surface area contributed by atoms with Crippen LogP contribution < -0.4 is 9.80 Å². The molecule has 0 atom stereocenters. The minimum Gasteiger partial charge on any atom is -0.378 e. The molecule has 4 rings (SSSR count). The van der Waals surface area contributed by atoms with Gasteiger partial charge in [0.25, 0.3) is 0 Å². The van der Waals surface area contributed by atoms with E-state index >= 15 is 0 Å². The standard InChI is InChI=1S/C30H32N2/c1-31(2)27-19-15-25(16-20-27)30(26-17-21-28(22-18-26)32(3)4)29(23-11-7-5-8-12-23)24-13-9-6-10-14-24/h5-22,29-30H,1-4H3. The Hall–Kier alpha value is -3.52. The van der Waals surface area contributed by atoms with Crippen molar-refractivity contribution in [3.05, 3.63) is 131 Å². The lowest BCUT2D eigenvalue weighted by Crippen LogP contribution is -2.16. The average molecular weight is 421 g/mol. The molecule has 0 saturated carbocycles. The Morgan fingerprint density at radius 2 is 0.656 bits per heavy atom. The monoisotopic (exact) mass is 420 g/mol. The van der Waals surface area contributed by atoms with Crippen molar-refractivity contribution in [2.45, 2.75) is 11.8 Å². The van der Waals surface area contributed by atoms with Crippen LogP contribution in [0.5, 0.6) is 0 Å². The van der Waals surface area contributed by atoms with E-state index < -0.39 is 0 Å². The van der Waals surface area contributed by atoms with Gasteiger partial charge in [0.1, 0.15) is 0 Å². The first-order valence-electron chi connectivity index (χ1n) is 11.2. The van der Waals surface area contributed by atoms with E-state index in [9.17, 15) is 0 Å². The summed E-state index contributed by atoms with van der Waals surface area (Å²) in [5.74, 6) is 0.417. The molecule has 0 fully saturated rings. The zero-order valence-electron chi connectivity index (χ0n) is 19.4. The first kappa shape index (κ1) is 21.7. The van der Waals surface area contributed by atoms with Crippen LogP contribution in [0.4, 0.5) is 11.4 Å². The molecule has 0 spiro atoms. The predicted octanol–water partition coefficient (Wildman–Crippen LogP) is 6.78. The van der Waals surface area contributed by atoms with Gasteiger partial charge in [0, 0.05) is 51.4 Å². The second-order valence-electron chi connectivity index (χ2n) is 8.75. The Labute approximate surface area is 192 Å². The predicted molar refractivity (Wildman–Crippen MR) is 138 cm³/mol. The van der Waals surface area contributed by atoms with Crippen molar-refractivity contribution in [2.75, 3.05) is 38.0 Å². The molecule has 2 nitrogen and oxygen atoms in total. The zero-order chi connectivity index (χ0) is 22.5. The summed E-state index contributed by atoms with van der Waals surface area (Å²) in [5.41, 5.74) is 7.74. The number of benzene rings is 4. The van der Waals surface area contributed by atoms with E-state index in [0.29, 0.717) is 0 Å². The van der Waals surface area contributed by atoms with Crippen LogP contribution in [0.3, 0.4) is 0 Å². The van der Waals surface area contributed by atoms with E-state index in [-0.39, 0.29) is 11.8 Å². The first-order chi connectivity index (χ1) is 15.5. The molecule has 0 N–H and O–H groups in total. The molecule has 4 aromatic rings. The van der Waals surface area contributed by atoms with Crippen LogP contribution in [0.25, 0.3) is 0 Å². The van der Waals surface area contributed by atoms with Gasteiger partial charge in [-0.15, -0.1) is 0 Å². The summed E-state index contributed by atoms with van der Waals surface area (Å²) in [6, 6.07) is 39.9. The molecule has 0 heterocycles. The Kier molecular flexibility index (Phi) is 6.61. The van der Waals surface area contributed by atoms with Crippen molar-refractivity contribution in [3.63, 3.8) is 0 Å². The van der Waals surface area contributed by atoms with Crippen molar-refractivity contribution in [1.82, 2.24) is 0 Å². The van der Waals surface area contributed by atoms with Crippen molar-refractivity contribution in [2.24, 2.45) is 0 Å². The fourth-order valence-corrected chi connectivity index (χ4v) is 4.44. The summed E-state index contributed by atoms with van der Waals surface area (Å²) in [6.07, 6.45) is 0. The van der Waals surface area contributed by atoms with Crippen molar-refractivity contribution in [1.29, 1.82) is 0 Å². The summed E-state index contributed by atoms with van der Waals surface area (Å²) in [5, 5.41) is 0. The highest BCUT2D eigenvalue weighted by Gasteiger charge is 2.28. The third-order valence-corrected chi connectivity index (χ3v) is 6.19. The third-order valence-electron chi connectivity index (χ3n) is 6.19. The summed E-state index contributed by atoms with van der Waals surface area (Å²) in [6.45, 7) is 0. The van der Waals surface area contributed by atoms with E-state index in [2.05, 4.69) is 147 Å². The van der Waals surface area contributed by atoms with Gasteiger partial charge in [0.2, 0.25) is 0 Å². The van der Waals surface area contributed by atoms with Gasteiger partial charge >= 0.3 is 0 Å². The normalized spacial score (nSPS) is 11.1. The van der Waals surface area contributed by atoms with Crippen LogP contribution in [0, 0.1) is 0 Å². The molecule has 0 saturated heterocycles. The Bertz CT molecular complexity index is 1010. The van der Waals surface area contributed by atoms with Gasteiger partial charge in [-0.3, -0.25) is 0 Å². The fraction of sp³-hybridized carbons (Fsp3) is 0.200. The van der Waals surface area contributed by atoms with E-state index in [0.717, 1.165) is 0 Å². The molecular formula is C30H32N2. The minimum absolute atomic E-state index is 0.201. The lowest BCUT2D eigenvalue weighted by atomic mass is 9.73. The molecule has 0 aromatic heterocycles. The van der Waals surface area contributed by atoms with Crippen molar-refractivity contribution >= 4 is 11.4 Å². The number of nitrogens with zero attached hydrogens (tertiary/aromatic N) is 2. The molecule has 4 aromatic carbocycles. The number of rotatable bonds is 7. The summed E-state index contributed by atoms with van der Waals surface area (Å²) in [7, 11) is 8.35. The van der Waals surface area contributed by atoms with E-state index in [4.69, 9.17) is 0 Å². The quantitative estimate of drug-likeness (QED) is 0.325. The molecule has 162 valence electrons. The van der Waals surface area contributed by atoms with Gasteiger partial charge in [-0.25, -0.2) is 0 Å². The topological polar surface area (TPSA) is 6.48 Å². The summed E-state index contributed by atoms with van der Waals surface area (Å²) in [4.78, 5) is 4.30. The van der Waals surface area contributed by atoms with E-state index in [1.54, 1.807) is 0 Å². The zero-order valence-corrected chi connectivity index (χ0v) is 19.4. The maximum atomic E-state index is 2.29. The highest BCUT2D eigenvalue weighted by atomic mass is 15.1. The number of anilines is 2. The molecule has 0 radical (unpaired) electrons. The highest BCUT2D eigenvalue weighted by molar-refractivity contribution is 5.53. The van der Waals surface area contributed by atoms with Gasteiger partial charge in [0.05, 0.1) is 0 Å². The molecule has 32 heavy (non-hydrogen) atoms. The molecule has 0 bridgehead atoms. The number of hydrogen-bond donors (Lipinski definition) is 0. The molecular weight excluding hydrogens is 388 g/mol. The van der Waals surface area contributed by atoms with Gasteiger partial charge in [0.15, 0.2) is 0 Å². The Morgan fingerprint density at radius 1 is 0.375 bits per heavy atom. The van der Waals surface area contributed by atoms with Crippen molar-refractivity contribution < 1.29 is 0 Å². The van der Waals surface area contributed by atoms with Crippen LogP contribution in [0.2, 0.25) is 0 Å². The lowest BCUT2D eigenvalue weighted by Gasteiger charge is -2.30. The third kappa shape index (κ3) is 4.70. The van der Waals surface area contributed by atoms with Gasteiger partial charge in [-0.1, -0.05) is 84.9 Å². The fourth-order valence-electron chi connectivity index (χ4n) is 4.44. The molecule has 2 heteroatoms. The summed E-state index contributed by atoms with van der Waals surface area (Å²) >= 11 is 0. The smallest absolute Gasteiger partial charge is 0.0361 e. The molecule has 0 amide bonds. The van der Waals surface area contributed by atoms with E-state index in [1.165, 1.54) is 33.6 Å². The SMILES string of the molecule is CN(C)c1ccc(C(c2ccc(N(C)C)cc2)C(c2ccccc2)c2ccccc2)cc1. The first-order valence-corrected chi connectivity index (χ1v) is 11.2. The van der Waals surface area contributed by atoms with Gasteiger partial charge in [-0.2, -0.15) is 0 Å².